The van der Waals surface area contributed by atoms with Gasteiger partial charge in [-0.15, -0.1) is 10.3 Å². The van der Waals surface area contributed by atoms with E-state index in [1.54, 1.807) is 72.8 Å². The fraction of sp³-hybridized carbons (Fsp3) is 0.273. The Morgan fingerprint density at radius 1 is 0.872 bits per heavy atom. The molecule has 0 atom stereocenters. The highest BCUT2D eigenvalue weighted by atomic mass is 35.5. The van der Waals surface area contributed by atoms with E-state index in [-0.39, 0.29) is 35.3 Å². The van der Waals surface area contributed by atoms with Crippen molar-refractivity contribution in [3.63, 3.8) is 0 Å². The second-order valence-electron chi connectivity index (χ2n) is 12.6. The van der Waals surface area contributed by atoms with Crippen molar-refractivity contribution in [2.24, 2.45) is 0 Å². The van der Waals surface area contributed by atoms with Gasteiger partial charge >= 0.3 is 5.69 Å². The first-order chi connectivity index (χ1) is 22.2. The predicted octanol–water partition coefficient (Wildman–Crippen LogP) is 6.87. The zero-order valence-corrected chi connectivity index (χ0v) is 27.0. The quantitative estimate of drug-likeness (QED) is 0.110. The van der Waals surface area contributed by atoms with Crippen molar-refractivity contribution in [3.8, 4) is 0 Å². The topological polar surface area (TPSA) is 174 Å². The molecule has 0 aliphatic carbocycles. The van der Waals surface area contributed by atoms with E-state index >= 15 is 0 Å². The van der Waals surface area contributed by atoms with Gasteiger partial charge in [-0.05, 0) is 107 Å². The molecule has 3 aromatic carbocycles. The van der Waals surface area contributed by atoms with E-state index in [2.05, 4.69) is 31.2 Å². The molecule has 1 aliphatic heterocycles. The molecule has 1 fully saturated rings. The number of rotatable bonds is 9. The normalized spacial score (nSPS) is 15.8. The number of amides is 2. The maximum Gasteiger partial charge on any atom is 0.329 e. The summed E-state index contributed by atoms with van der Waals surface area (Å²) in [6, 6.07) is 19.6. The Morgan fingerprint density at radius 2 is 1.45 bits per heavy atom. The summed E-state index contributed by atoms with van der Waals surface area (Å²) in [5, 5.41) is 37.7. The summed E-state index contributed by atoms with van der Waals surface area (Å²) in [6.07, 6.45) is 2.15. The Kier molecular flexibility index (Phi) is 9.43. The molecule has 0 spiro atoms. The van der Waals surface area contributed by atoms with Crippen LogP contribution < -0.4 is 21.3 Å². The number of aromatic nitrogens is 2. The third kappa shape index (κ3) is 8.01. The minimum atomic E-state index is -0.607. The Balaban J connectivity index is 1.24. The average Bonchev–Trinajstić information content (AvgIpc) is 3.00. The predicted molar refractivity (Wildman–Crippen MR) is 179 cm³/mol. The zero-order chi connectivity index (χ0) is 33.9. The number of hydrogen-bond acceptors (Lipinski definition) is 9. The minimum Gasteiger partial charge on any atom is -0.349 e. The van der Waals surface area contributed by atoms with Gasteiger partial charge in [0.2, 0.25) is 11.8 Å². The largest absolute Gasteiger partial charge is 0.349 e. The SMILES string of the molecule is CC1(C)CC(NC(=O)c2ccc(Nc3ncc([N+](=O)[O-])c(Nc4ccc(C(=O)Nc5cccc(Cl)c5)cc4)n3)cc2)CC(C)(C)N1[O]. The van der Waals surface area contributed by atoms with Crippen LogP contribution in [0.25, 0.3) is 0 Å². The van der Waals surface area contributed by atoms with Gasteiger partial charge in [0, 0.05) is 50.3 Å². The minimum absolute atomic E-state index is 0.0606. The molecule has 0 bridgehead atoms. The van der Waals surface area contributed by atoms with E-state index in [0.717, 1.165) is 11.3 Å². The van der Waals surface area contributed by atoms with E-state index in [0.29, 0.717) is 46.1 Å². The maximum absolute atomic E-state index is 13.0. The van der Waals surface area contributed by atoms with E-state index in [9.17, 15) is 24.9 Å². The second kappa shape index (κ2) is 13.3. The lowest BCUT2D eigenvalue weighted by atomic mass is 9.79. The second-order valence-corrected chi connectivity index (χ2v) is 13.0. The van der Waals surface area contributed by atoms with Crippen molar-refractivity contribution in [2.45, 2.75) is 57.7 Å². The van der Waals surface area contributed by atoms with Crippen LogP contribution in [0.3, 0.4) is 0 Å². The van der Waals surface area contributed by atoms with Gasteiger partial charge in [-0.25, -0.2) is 4.98 Å². The fourth-order valence-electron chi connectivity index (χ4n) is 5.74. The number of carbonyl (C=O) groups excluding carboxylic acids is 2. The van der Waals surface area contributed by atoms with Crippen LogP contribution in [0.5, 0.6) is 0 Å². The van der Waals surface area contributed by atoms with Gasteiger partial charge in [0.25, 0.3) is 11.8 Å². The summed E-state index contributed by atoms with van der Waals surface area (Å²) in [5.41, 5.74) is 0.803. The van der Waals surface area contributed by atoms with Gasteiger partial charge in [-0.3, -0.25) is 19.7 Å². The fourth-order valence-corrected chi connectivity index (χ4v) is 5.93. The highest BCUT2D eigenvalue weighted by molar-refractivity contribution is 6.31. The summed E-state index contributed by atoms with van der Waals surface area (Å²) in [6.45, 7) is 7.51. The van der Waals surface area contributed by atoms with E-state index in [4.69, 9.17) is 11.6 Å². The first-order valence-electron chi connectivity index (χ1n) is 14.8. The summed E-state index contributed by atoms with van der Waals surface area (Å²) in [5.74, 6) is -0.575. The van der Waals surface area contributed by atoms with Crippen molar-refractivity contribution in [1.29, 1.82) is 0 Å². The number of hydrogen-bond donors (Lipinski definition) is 4. The molecule has 4 N–H and O–H groups in total. The van der Waals surface area contributed by atoms with Crippen molar-refractivity contribution in [1.82, 2.24) is 20.3 Å². The molecule has 1 aromatic heterocycles. The van der Waals surface area contributed by atoms with Crippen molar-refractivity contribution >= 4 is 57.9 Å². The van der Waals surface area contributed by atoms with Crippen LogP contribution >= 0.6 is 11.6 Å². The molecule has 13 nitrogen and oxygen atoms in total. The van der Waals surface area contributed by atoms with Crippen LogP contribution in [0.1, 0.15) is 61.3 Å². The first kappa shape index (κ1) is 33.3. The number of benzene rings is 3. The Bertz CT molecular complexity index is 1780. The molecule has 1 aliphatic rings. The van der Waals surface area contributed by atoms with E-state index in [1.807, 2.05) is 27.7 Å². The first-order valence-corrected chi connectivity index (χ1v) is 15.2. The number of halogens is 1. The molecule has 5 rings (SSSR count). The summed E-state index contributed by atoms with van der Waals surface area (Å²) >= 11 is 5.98. The van der Waals surface area contributed by atoms with Gasteiger partial charge in [-0.2, -0.15) is 4.98 Å². The van der Waals surface area contributed by atoms with Crippen LogP contribution in [0.4, 0.5) is 34.5 Å². The Hall–Kier alpha value is -5.11. The molecule has 2 amide bonds. The monoisotopic (exact) mass is 657 g/mol. The van der Waals surface area contributed by atoms with Gasteiger partial charge in [0.1, 0.15) is 6.20 Å². The highest BCUT2D eigenvalue weighted by Crippen LogP contribution is 2.37. The zero-order valence-electron chi connectivity index (χ0n) is 26.2. The summed E-state index contributed by atoms with van der Waals surface area (Å²) in [7, 11) is 0. The molecule has 2 heterocycles. The molecule has 0 saturated carbocycles. The molecule has 0 unspecified atom stereocenters. The maximum atomic E-state index is 13.0. The third-order valence-corrected chi connectivity index (χ3v) is 8.02. The molecular weight excluding hydrogens is 624 g/mol. The number of hydroxylamine groups is 2. The van der Waals surface area contributed by atoms with Crippen LogP contribution in [-0.4, -0.2) is 48.9 Å². The lowest BCUT2D eigenvalue weighted by molar-refractivity contribution is -0.384. The molecule has 14 heteroatoms. The molecule has 1 radical (unpaired) electrons. The number of nitrogens with one attached hydrogen (secondary N) is 4. The van der Waals surface area contributed by atoms with Gasteiger partial charge in [-0.1, -0.05) is 17.7 Å². The van der Waals surface area contributed by atoms with Crippen molar-refractivity contribution < 1.29 is 19.7 Å². The van der Waals surface area contributed by atoms with Gasteiger partial charge < -0.3 is 21.3 Å². The van der Waals surface area contributed by atoms with Crippen LogP contribution in [0, 0.1) is 10.1 Å². The van der Waals surface area contributed by atoms with Crippen molar-refractivity contribution in [2.75, 3.05) is 16.0 Å². The third-order valence-electron chi connectivity index (χ3n) is 7.79. The highest BCUT2D eigenvalue weighted by Gasteiger charge is 2.46. The molecule has 1 saturated heterocycles. The van der Waals surface area contributed by atoms with E-state index < -0.39 is 16.0 Å². The summed E-state index contributed by atoms with van der Waals surface area (Å²) < 4.78 is 0. The molecule has 4 aromatic rings. The average molecular weight is 658 g/mol. The summed E-state index contributed by atoms with van der Waals surface area (Å²) in [4.78, 5) is 45.1. The molecular formula is C33H34ClN8O5. The molecule has 47 heavy (non-hydrogen) atoms. The van der Waals surface area contributed by atoms with Gasteiger partial charge in [0.05, 0.1) is 4.92 Å². The standard InChI is InChI=1S/C33H34ClN8O5/c1-32(2)17-26(18-33(3,4)42(32)47)38-30(44)21-10-14-24(15-11-21)39-31-35-19-27(41(45)46)28(40-31)36-23-12-8-20(9-13-23)29(43)37-25-7-5-6-22(34)16-25/h5-16,19,26H,17-18H2,1-4H3,(H,37,43)(H,38,44)(H2,35,36,39,40). The number of anilines is 5. The lowest BCUT2D eigenvalue weighted by Crippen LogP contribution is -2.62. The smallest absolute Gasteiger partial charge is 0.329 e. The number of piperidine rings is 1. The Labute approximate surface area is 276 Å². The van der Waals surface area contributed by atoms with Crippen LogP contribution in [0.2, 0.25) is 5.02 Å². The number of nitrogens with zero attached hydrogens (tertiary/aromatic N) is 4. The van der Waals surface area contributed by atoms with Crippen molar-refractivity contribution in [3.05, 3.63) is 105 Å². The lowest BCUT2D eigenvalue weighted by Gasteiger charge is -2.50. The van der Waals surface area contributed by atoms with Crippen LogP contribution in [-0.2, 0) is 5.21 Å². The number of carbonyl (C=O) groups is 2. The Morgan fingerprint density at radius 3 is 2.02 bits per heavy atom. The van der Waals surface area contributed by atoms with E-state index in [1.165, 1.54) is 0 Å². The molecule has 243 valence electrons. The van der Waals surface area contributed by atoms with Crippen LogP contribution in [0.15, 0.2) is 79.0 Å². The van der Waals surface area contributed by atoms with Gasteiger partial charge in [0.15, 0.2) is 0 Å². The number of nitro groups is 1.